The Morgan fingerprint density at radius 3 is 2.62 bits per heavy atom. The Bertz CT molecular complexity index is 1140. The van der Waals surface area contributed by atoms with Gasteiger partial charge in [0.05, 0.1) is 17.1 Å². The lowest BCUT2D eigenvalue weighted by molar-refractivity contribution is 0.0950. The van der Waals surface area contributed by atoms with Crippen LogP contribution in [0.15, 0.2) is 60.7 Å². The van der Waals surface area contributed by atoms with Gasteiger partial charge < -0.3 is 5.32 Å². The summed E-state index contributed by atoms with van der Waals surface area (Å²) in [6.07, 6.45) is 0.706. The van der Waals surface area contributed by atoms with Crippen LogP contribution in [0.1, 0.15) is 21.7 Å². The van der Waals surface area contributed by atoms with E-state index in [9.17, 15) is 13.2 Å². The van der Waals surface area contributed by atoms with Crippen LogP contribution in [0.2, 0.25) is 0 Å². The first-order valence-electron chi connectivity index (χ1n) is 9.44. The highest BCUT2D eigenvalue weighted by Crippen LogP contribution is 2.29. The number of hydrogen-bond donors (Lipinski definition) is 1. The number of carbonyl (C=O) groups excluding carboxylic acids is 1. The molecule has 0 spiro atoms. The van der Waals surface area contributed by atoms with Crippen molar-refractivity contribution in [3.05, 3.63) is 77.6 Å². The molecule has 2 heterocycles. The Morgan fingerprint density at radius 2 is 1.83 bits per heavy atom. The number of carbonyl (C=O) groups is 1. The van der Waals surface area contributed by atoms with Gasteiger partial charge in [0.1, 0.15) is 0 Å². The molecular formula is C21H22N4O3S. The fourth-order valence-corrected chi connectivity index (χ4v) is 4.93. The molecule has 1 aromatic heterocycles. The van der Waals surface area contributed by atoms with Crippen LogP contribution in [-0.2, 0) is 16.4 Å². The van der Waals surface area contributed by atoms with Gasteiger partial charge in [-0.25, -0.2) is 13.1 Å². The second-order valence-electron chi connectivity index (χ2n) is 6.94. The van der Waals surface area contributed by atoms with Crippen LogP contribution in [-0.4, -0.2) is 42.9 Å². The maximum Gasteiger partial charge on any atom is 0.271 e. The predicted molar refractivity (Wildman–Crippen MR) is 112 cm³/mol. The van der Waals surface area contributed by atoms with Gasteiger partial charge in [-0.05, 0) is 43.2 Å². The molecule has 150 valence electrons. The number of anilines is 1. The number of nitrogens with one attached hydrogen (secondary N) is 1. The lowest BCUT2D eigenvalue weighted by Crippen LogP contribution is -2.37. The SMILES string of the molecule is Cc1cc(C(=O)NCCS(=O)(=O)N2CCc3ccccc32)nn1-c1ccccc1. The molecule has 29 heavy (non-hydrogen) atoms. The monoisotopic (exact) mass is 410 g/mol. The van der Waals surface area contributed by atoms with Crippen molar-refractivity contribution >= 4 is 21.6 Å². The summed E-state index contributed by atoms with van der Waals surface area (Å²) in [5, 5.41) is 7.02. The van der Waals surface area contributed by atoms with Gasteiger partial charge in [-0.2, -0.15) is 5.10 Å². The van der Waals surface area contributed by atoms with E-state index < -0.39 is 10.0 Å². The Hall–Kier alpha value is -3.13. The number of rotatable bonds is 6. The van der Waals surface area contributed by atoms with E-state index in [4.69, 9.17) is 0 Å². The van der Waals surface area contributed by atoms with E-state index in [1.807, 2.05) is 61.5 Å². The number of aryl methyl sites for hydroxylation is 1. The number of sulfonamides is 1. The van der Waals surface area contributed by atoms with Crippen molar-refractivity contribution in [3.8, 4) is 5.69 Å². The van der Waals surface area contributed by atoms with Gasteiger partial charge in [0.25, 0.3) is 5.91 Å². The van der Waals surface area contributed by atoms with Gasteiger partial charge in [0, 0.05) is 18.8 Å². The molecule has 7 nitrogen and oxygen atoms in total. The summed E-state index contributed by atoms with van der Waals surface area (Å²) in [6.45, 7) is 2.33. The van der Waals surface area contributed by atoms with Crippen LogP contribution in [0.5, 0.6) is 0 Å². The number of benzene rings is 2. The van der Waals surface area contributed by atoms with E-state index in [1.54, 1.807) is 10.7 Å². The van der Waals surface area contributed by atoms with Crippen molar-refractivity contribution < 1.29 is 13.2 Å². The first kappa shape index (κ1) is 19.2. The third-order valence-corrected chi connectivity index (χ3v) is 6.72. The minimum absolute atomic E-state index is 0.0249. The average Bonchev–Trinajstić information content (AvgIpc) is 3.32. The van der Waals surface area contributed by atoms with Crippen molar-refractivity contribution in [3.63, 3.8) is 0 Å². The molecule has 8 heteroatoms. The Kier molecular flexibility index (Phi) is 5.10. The summed E-state index contributed by atoms with van der Waals surface area (Å²) in [4.78, 5) is 12.5. The second-order valence-corrected chi connectivity index (χ2v) is 8.95. The predicted octanol–water partition coefficient (Wildman–Crippen LogP) is 2.30. The number of para-hydroxylation sites is 2. The zero-order valence-electron chi connectivity index (χ0n) is 16.1. The molecule has 1 amide bonds. The molecule has 1 aliphatic rings. The topological polar surface area (TPSA) is 84.3 Å². The molecule has 1 aliphatic heterocycles. The van der Waals surface area contributed by atoms with Crippen molar-refractivity contribution in [2.24, 2.45) is 0 Å². The third kappa shape index (κ3) is 3.88. The summed E-state index contributed by atoms with van der Waals surface area (Å²) in [5.74, 6) is -0.550. The van der Waals surface area contributed by atoms with Gasteiger partial charge >= 0.3 is 0 Å². The molecule has 0 fully saturated rings. The molecule has 0 saturated heterocycles. The van der Waals surface area contributed by atoms with Crippen molar-refractivity contribution in [2.75, 3.05) is 23.1 Å². The highest BCUT2D eigenvalue weighted by molar-refractivity contribution is 7.92. The standard InChI is InChI=1S/C21H22N4O3S/c1-16-15-19(23-25(16)18-8-3-2-4-9-18)21(26)22-12-14-29(27,28)24-13-11-17-7-5-6-10-20(17)24/h2-10,15H,11-14H2,1H3,(H,22,26). The van der Waals surface area contributed by atoms with E-state index in [1.165, 1.54) is 4.31 Å². The minimum Gasteiger partial charge on any atom is -0.350 e. The largest absolute Gasteiger partial charge is 0.350 e. The molecule has 0 atom stereocenters. The lowest BCUT2D eigenvalue weighted by Gasteiger charge is -2.19. The zero-order chi connectivity index (χ0) is 20.4. The first-order valence-corrected chi connectivity index (χ1v) is 11.1. The number of amides is 1. The van der Waals surface area contributed by atoms with Crippen molar-refractivity contribution in [1.29, 1.82) is 0 Å². The molecule has 0 bridgehead atoms. The van der Waals surface area contributed by atoms with Crippen LogP contribution in [0, 0.1) is 6.92 Å². The second kappa shape index (κ2) is 7.71. The van der Waals surface area contributed by atoms with Crippen molar-refractivity contribution in [2.45, 2.75) is 13.3 Å². The van der Waals surface area contributed by atoms with Gasteiger partial charge in [0.2, 0.25) is 10.0 Å². The molecule has 0 unspecified atom stereocenters. The number of aromatic nitrogens is 2. The lowest BCUT2D eigenvalue weighted by atomic mass is 10.2. The van der Waals surface area contributed by atoms with E-state index in [2.05, 4.69) is 10.4 Å². The van der Waals surface area contributed by atoms with Gasteiger partial charge in [0.15, 0.2) is 5.69 Å². The van der Waals surface area contributed by atoms with E-state index in [0.717, 1.165) is 22.6 Å². The smallest absolute Gasteiger partial charge is 0.271 e. The van der Waals surface area contributed by atoms with Crippen LogP contribution >= 0.6 is 0 Å². The molecule has 0 radical (unpaired) electrons. The Balaban J connectivity index is 1.39. The van der Waals surface area contributed by atoms with Crippen molar-refractivity contribution in [1.82, 2.24) is 15.1 Å². The Morgan fingerprint density at radius 1 is 1.10 bits per heavy atom. The van der Waals surface area contributed by atoms with E-state index >= 15 is 0 Å². The summed E-state index contributed by atoms with van der Waals surface area (Å²) in [5.41, 5.74) is 3.70. The van der Waals surface area contributed by atoms with Gasteiger partial charge in [-0.1, -0.05) is 36.4 Å². The normalized spacial score (nSPS) is 13.3. The average molecular weight is 410 g/mol. The minimum atomic E-state index is -3.50. The number of nitrogens with zero attached hydrogens (tertiary/aromatic N) is 3. The maximum atomic E-state index is 12.7. The molecule has 2 aromatic carbocycles. The molecule has 4 rings (SSSR count). The van der Waals surface area contributed by atoms with Crippen LogP contribution in [0.3, 0.4) is 0 Å². The molecule has 1 N–H and O–H groups in total. The summed E-state index contributed by atoms with van der Waals surface area (Å²) >= 11 is 0. The number of fused-ring (bicyclic) bond motifs is 1. The van der Waals surface area contributed by atoms with Gasteiger partial charge in [-0.3, -0.25) is 9.10 Å². The van der Waals surface area contributed by atoms with Crippen LogP contribution in [0.25, 0.3) is 5.69 Å². The molecule has 0 aliphatic carbocycles. The third-order valence-electron chi connectivity index (χ3n) is 4.95. The quantitative estimate of drug-likeness (QED) is 0.676. The fraction of sp³-hybridized carbons (Fsp3) is 0.238. The highest BCUT2D eigenvalue weighted by Gasteiger charge is 2.28. The maximum absolute atomic E-state index is 12.7. The van der Waals surface area contributed by atoms with E-state index in [0.29, 0.717) is 13.0 Å². The molecule has 0 saturated carbocycles. The Labute approximate surface area is 170 Å². The van der Waals surface area contributed by atoms with Gasteiger partial charge in [-0.15, -0.1) is 0 Å². The highest BCUT2D eigenvalue weighted by atomic mass is 32.2. The van der Waals surface area contributed by atoms with Crippen LogP contribution in [0.4, 0.5) is 5.69 Å². The van der Waals surface area contributed by atoms with E-state index in [-0.39, 0.29) is 23.9 Å². The summed E-state index contributed by atoms with van der Waals surface area (Å²) < 4.78 is 28.5. The number of hydrogen-bond acceptors (Lipinski definition) is 4. The summed E-state index contributed by atoms with van der Waals surface area (Å²) in [7, 11) is -3.50. The molecule has 3 aromatic rings. The zero-order valence-corrected chi connectivity index (χ0v) is 16.9. The molecular weight excluding hydrogens is 388 g/mol. The fourth-order valence-electron chi connectivity index (χ4n) is 3.51. The summed E-state index contributed by atoms with van der Waals surface area (Å²) in [6, 6.07) is 18.7. The van der Waals surface area contributed by atoms with Crippen LogP contribution < -0.4 is 9.62 Å². The first-order chi connectivity index (χ1) is 14.0.